The predicted molar refractivity (Wildman–Crippen MR) is 58.2 cm³/mol. The van der Waals surface area contributed by atoms with Crippen molar-refractivity contribution in [2.45, 2.75) is 58.2 Å². The SMILES string of the molecule is CC(C(=O)OC(C)(C)C)N(C(=O)O)C1CC1. The van der Waals surface area contributed by atoms with Crippen LogP contribution in [0, 0.1) is 0 Å². The van der Waals surface area contributed by atoms with Crippen molar-refractivity contribution in [1.29, 1.82) is 0 Å². The van der Waals surface area contributed by atoms with Crippen LogP contribution < -0.4 is 0 Å². The topological polar surface area (TPSA) is 66.8 Å². The monoisotopic (exact) mass is 229 g/mol. The van der Waals surface area contributed by atoms with Crippen molar-refractivity contribution in [2.75, 3.05) is 0 Å². The third kappa shape index (κ3) is 3.40. The standard InChI is InChI=1S/C11H19NO4/c1-7(9(13)16-11(2,3)4)12(10(14)15)8-5-6-8/h7-8H,5-6H2,1-4H3,(H,14,15). The average Bonchev–Trinajstić information content (AvgIpc) is 2.84. The first-order valence-electron chi connectivity index (χ1n) is 5.46. The number of rotatable bonds is 3. The van der Waals surface area contributed by atoms with Gasteiger partial charge in [-0.3, -0.25) is 4.90 Å². The van der Waals surface area contributed by atoms with Gasteiger partial charge < -0.3 is 9.84 Å². The van der Waals surface area contributed by atoms with Crippen molar-refractivity contribution >= 4 is 12.1 Å². The Hall–Kier alpha value is -1.26. The van der Waals surface area contributed by atoms with Gasteiger partial charge in [0.15, 0.2) is 0 Å². The first-order chi connectivity index (χ1) is 7.22. The Morgan fingerprint density at radius 2 is 1.88 bits per heavy atom. The highest BCUT2D eigenvalue weighted by molar-refractivity contribution is 5.81. The van der Waals surface area contributed by atoms with Crippen LogP contribution in [-0.4, -0.2) is 39.8 Å². The number of hydrogen-bond acceptors (Lipinski definition) is 3. The second-order valence-corrected chi connectivity index (χ2v) is 5.13. The van der Waals surface area contributed by atoms with Gasteiger partial charge in [-0.25, -0.2) is 9.59 Å². The Bertz CT molecular complexity index is 291. The molecule has 0 aromatic rings. The molecule has 1 fully saturated rings. The van der Waals surface area contributed by atoms with Crippen LogP contribution in [0.1, 0.15) is 40.5 Å². The van der Waals surface area contributed by atoms with E-state index in [1.807, 2.05) is 0 Å². The van der Waals surface area contributed by atoms with Gasteiger partial charge in [-0.2, -0.15) is 0 Å². The fourth-order valence-electron chi connectivity index (χ4n) is 1.49. The van der Waals surface area contributed by atoms with Gasteiger partial charge in [0.2, 0.25) is 0 Å². The molecule has 0 aliphatic heterocycles. The summed E-state index contributed by atoms with van der Waals surface area (Å²) in [6.07, 6.45) is 0.611. The summed E-state index contributed by atoms with van der Waals surface area (Å²) in [5.41, 5.74) is -0.584. The molecule has 1 amide bonds. The van der Waals surface area contributed by atoms with Crippen LogP contribution in [0.25, 0.3) is 0 Å². The van der Waals surface area contributed by atoms with E-state index in [1.54, 1.807) is 27.7 Å². The fraction of sp³-hybridized carbons (Fsp3) is 0.818. The quantitative estimate of drug-likeness (QED) is 0.750. The highest BCUT2D eigenvalue weighted by Crippen LogP contribution is 2.29. The molecule has 0 heterocycles. The summed E-state index contributed by atoms with van der Waals surface area (Å²) in [5, 5.41) is 9.02. The molecule has 1 aliphatic rings. The molecule has 0 aromatic heterocycles. The molecule has 1 aliphatic carbocycles. The van der Waals surface area contributed by atoms with Crippen LogP contribution in [0.15, 0.2) is 0 Å². The zero-order valence-corrected chi connectivity index (χ0v) is 10.2. The van der Waals surface area contributed by atoms with Crippen LogP contribution in [-0.2, 0) is 9.53 Å². The molecule has 5 heteroatoms. The third-order valence-corrected chi connectivity index (χ3v) is 2.33. The Kier molecular flexibility index (Phi) is 3.45. The van der Waals surface area contributed by atoms with Gasteiger partial charge in [0, 0.05) is 6.04 Å². The largest absolute Gasteiger partial charge is 0.465 e. The van der Waals surface area contributed by atoms with Gasteiger partial charge in [-0.05, 0) is 40.5 Å². The summed E-state index contributed by atoms with van der Waals surface area (Å²) in [6.45, 7) is 6.86. The fourth-order valence-corrected chi connectivity index (χ4v) is 1.49. The van der Waals surface area contributed by atoms with Crippen molar-refractivity contribution < 1.29 is 19.4 Å². The first kappa shape index (κ1) is 12.8. The van der Waals surface area contributed by atoms with Crippen LogP contribution in [0.2, 0.25) is 0 Å². The van der Waals surface area contributed by atoms with E-state index in [0.717, 1.165) is 12.8 Å². The van der Waals surface area contributed by atoms with Gasteiger partial charge in [0.05, 0.1) is 0 Å². The van der Waals surface area contributed by atoms with E-state index >= 15 is 0 Å². The third-order valence-electron chi connectivity index (χ3n) is 2.33. The van der Waals surface area contributed by atoms with Crippen molar-refractivity contribution in [3.8, 4) is 0 Å². The number of carboxylic acid groups (broad SMARTS) is 1. The van der Waals surface area contributed by atoms with E-state index in [9.17, 15) is 9.59 Å². The summed E-state index contributed by atoms with van der Waals surface area (Å²) in [6, 6.07) is -0.746. The minimum absolute atomic E-state index is 0.0139. The van der Waals surface area contributed by atoms with Crippen LogP contribution in [0.4, 0.5) is 4.79 Å². The first-order valence-corrected chi connectivity index (χ1v) is 5.46. The van der Waals surface area contributed by atoms with E-state index in [0.29, 0.717) is 0 Å². The lowest BCUT2D eigenvalue weighted by molar-refractivity contribution is -0.160. The minimum atomic E-state index is -1.05. The van der Waals surface area contributed by atoms with Crippen molar-refractivity contribution in [2.24, 2.45) is 0 Å². The molecule has 0 radical (unpaired) electrons. The summed E-state index contributed by atoms with van der Waals surface area (Å²) in [7, 11) is 0. The Balaban J connectivity index is 2.63. The molecule has 1 saturated carbocycles. The summed E-state index contributed by atoms with van der Waals surface area (Å²) in [5.74, 6) is -0.484. The van der Waals surface area contributed by atoms with Gasteiger partial charge in [0.1, 0.15) is 11.6 Å². The van der Waals surface area contributed by atoms with Crippen molar-refractivity contribution in [3.63, 3.8) is 0 Å². The van der Waals surface area contributed by atoms with Crippen molar-refractivity contribution in [1.82, 2.24) is 4.90 Å². The number of esters is 1. The predicted octanol–water partition coefficient (Wildman–Crippen LogP) is 1.86. The number of amides is 1. The molecule has 5 nitrogen and oxygen atoms in total. The normalized spacial score (nSPS) is 17.8. The van der Waals surface area contributed by atoms with E-state index in [1.165, 1.54) is 4.90 Å². The minimum Gasteiger partial charge on any atom is -0.465 e. The Labute approximate surface area is 95.4 Å². The zero-order chi connectivity index (χ0) is 12.5. The molecule has 1 N–H and O–H groups in total. The molecule has 92 valence electrons. The average molecular weight is 229 g/mol. The number of ether oxygens (including phenoxy) is 1. The maximum atomic E-state index is 11.7. The maximum Gasteiger partial charge on any atom is 0.408 e. The molecule has 1 rings (SSSR count). The van der Waals surface area contributed by atoms with Crippen LogP contribution in [0.3, 0.4) is 0 Å². The Morgan fingerprint density at radius 1 is 1.38 bits per heavy atom. The smallest absolute Gasteiger partial charge is 0.408 e. The van der Waals surface area contributed by atoms with Crippen LogP contribution >= 0.6 is 0 Å². The number of carbonyl (C=O) groups excluding carboxylic acids is 1. The lowest BCUT2D eigenvalue weighted by Crippen LogP contribution is -2.46. The highest BCUT2D eigenvalue weighted by atomic mass is 16.6. The molecular formula is C11H19NO4. The summed E-state index contributed by atoms with van der Waals surface area (Å²) in [4.78, 5) is 23.9. The Morgan fingerprint density at radius 3 is 2.19 bits per heavy atom. The lowest BCUT2D eigenvalue weighted by atomic mass is 10.2. The van der Waals surface area contributed by atoms with E-state index in [-0.39, 0.29) is 6.04 Å². The van der Waals surface area contributed by atoms with Crippen LogP contribution in [0.5, 0.6) is 0 Å². The number of hydrogen-bond donors (Lipinski definition) is 1. The highest BCUT2D eigenvalue weighted by Gasteiger charge is 2.39. The van der Waals surface area contributed by atoms with Crippen molar-refractivity contribution in [3.05, 3.63) is 0 Å². The number of carbonyl (C=O) groups is 2. The summed E-state index contributed by atoms with van der Waals surface area (Å²) < 4.78 is 5.16. The van der Waals surface area contributed by atoms with Gasteiger partial charge >= 0.3 is 12.1 Å². The molecule has 0 bridgehead atoms. The van der Waals surface area contributed by atoms with E-state index < -0.39 is 23.7 Å². The zero-order valence-electron chi connectivity index (χ0n) is 10.2. The molecule has 1 atom stereocenters. The van der Waals surface area contributed by atoms with Gasteiger partial charge in [-0.1, -0.05) is 0 Å². The van der Waals surface area contributed by atoms with E-state index in [4.69, 9.17) is 9.84 Å². The van der Waals surface area contributed by atoms with Gasteiger partial charge in [-0.15, -0.1) is 0 Å². The molecular weight excluding hydrogens is 210 g/mol. The molecule has 16 heavy (non-hydrogen) atoms. The summed E-state index contributed by atoms with van der Waals surface area (Å²) >= 11 is 0. The molecule has 1 unspecified atom stereocenters. The second-order valence-electron chi connectivity index (χ2n) is 5.13. The van der Waals surface area contributed by atoms with E-state index in [2.05, 4.69) is 0 Å². The number of nitrogens with zero attached hydrogens (tertiary/aromatic N) is 1. The molecule has 0 saturated heterocycles. The maximum absolute atomic E-state index is 11.7. The van der Waals surface area contributed by atoms with Gasteiger partial charge in [0.25, 0.3) is 0 Å². The molecule has 0 spiro atoms. The molecule has 0 aromatic carbocycles. The lowest BCUT2D eigenvalue weighted by Gasteiger charge is -2.28. The second kappa shape index (κ2) is 4.31.